The van der Waals surface area contributed by atoms with Crippen molar-refractivity contribution in [1.29, 1.82) is 0 Å². The van der Waals surface area contributed by atoms with Crippen molar-refractivity contribution >= 4 is 76.8 Å². The first-order chi connectivity index (χ1) is 54.4. The Kier molecular flexibility index (Phi) is 66.2. The molecule has 15 N–H and O–H groups in total. The van der Waals surface area contributed by atoms with Gasteiger partial charge in [-0.3, -0.25) is 52.8 Å². The topological polar surface area (TPSA) is 455 Å². The van der Waals surface area contributed by atoms with Crippen molar-refractivity contribution in [3.63, 3.8) is 0 Å². The van der Waals surface area contributed by atoms with Gasteiger partial charge in [0.25, 0.3) is 0 Å². The van der Waals surface area contributed by atoms with Gasteiger partial charge in [-0.25, -0.2) is 9.59 Å². The summed E-state index contributed by atoms with van der Waals surface area (Å²) in [6.45, 7) is 46.6. The number of primary amides is 1. The molecule has 0 spiro atoms. The van der Waals surface area contributed by atoms with E-state index in [1.807, 2.05) is 69.2 Å². The molecule has 1 aromatic carbocycles. The highest BCUT2D eigenvalue weighted by atomic mass is 16.6. The minimum absolute atomic E-state index is 0.00590. The van der Waals surface area contributed by atoms with Gasteiger partial charge in [-0.2, -0.15) is 0 Å². The molecule has 0 bridgehead atoms. The van der Waals surface area contributed by atoms with Crippen molar-refractivity contribution in [3.05, 3.63) is 29.8 Å². The summed E-state index contributed by atoms with van der Waals surface area (Å²) in [7, 11) is 0. The van der Waals surface area contributed by atoms with Gasteiger partial charge in [-0.15, -0.1) is 0 Å². The van der Waals surface area contributed by atoms with Crippen LogP contribution in [0.1, 0.15) is 188 Å². The average molecular weight is 1640 g/mol. The Morgan fingerprint density at radius 3 is 1.32 bits per heavy atom. The Bertz CT molecular complexity index is 2840. The Balaban J connectivity index is 0. The number of likely N-dealkylation sites (tertiary alicyclic amines) is 1. The van der Waals surface area contributed by atoms with Gasteiger partial charge in [0.1, 0.15) is 24.5 Å². The van der Waals surface area contributed by atoms with E-state index in [9.17, 15) is 57.5 Å². The van der Waals surface area contributed by atoms with Gasteiger partial charge in [0, 0.05) is 159 Å². The molecular formula is C81H151N15O19. The van der Waals surface area contributed by atoms with Crippen LogP contribution in [0.4, 0.5) is 15.3 Å². The third-order valence-electron chi connectivity index (χ3n) is 16.4. The van der Waals surface area contributed by atoms with Crippen molar-refractivity contribution in [1.82, 2.24) is 68.7 Å². The first-order valence-corrected chi connectivity index (χ1v) is 41.2. The van der Waals surface area contributed by atoms with Crippen LogP contribution in [-0.2, 0) is 87.7 Å². The maximum absolute atomic E-state index is 13.4. The molecule has 1 heterocycles. The summed E-state index contributed by atoms with van der Waals surface area (Å²) in [6.07, 6.45) is 2.07. The van der Waals surface area contributed by atoms with Crippen LogP contribution in [0, 0.1) is 35.5 Å². The number of hydrogen-bond donors (Lipinski definition) is 14. The van der Waals surface area contributed by atoms with E-state index >= 15 is 0 Å². The van der Waals surface area contributed by atoms with Crippen molar-refractivity contribution in [3.8, 4) is 0 Å². The van der Waals surface area contributed by atoms with Crippen LogP contribution in [0.15, 0.2) is 24.3 Å². The number of Topliss-reactive ketones (excluding diaryl/α,β-unsaturated/α-hetero) is 1. The molecule has 0 aliphatic carbocycles. The molecule has 1 aromatic rings. The molecule has 0 saturated carbocycles. The van der Waals surface area contributed by atoms with E-state index in [0.717, 1.165) is 26.2 Å². The van der Waals surface area contributed by atoms with Gasteiger partial charge in [-0.1, -0.05) is 137 Å². The summed E-state index contributed by atoms with van der Waals surface area (Å²) >= 11 is 0. The lowest BCUT2D eigenvalue weighted by Gasteiger charge is -2.25. The molecule has 34 heteroatoms. The van der Waals surface area contributed by atoms with E-state index in [0.29, 0.717) is 159 Å². The molecule has 664 valence electrons. The summed E-state index contributed by atoms with van der Waals surface area (Å²) in [4.78, 5) is 146. The lowest BCUT2D eigenvalue weighted by molar-refractivity contribution is -0.140. The number of urea groups is 1. The molecule has 0 radical (unpaired) electrons. The zero-order valence-corrected chi connectivity index (χ0v) is 72.9. The minimum atomic E-state index is -1.00. The van der Waals surface area contributed by atoms with Crippen LogP contribution in [0.3, 0.4) is 0 Å². The van der Waals surface area contributed by atoms with Crippen LogP contribution in [-0.4, -0.2) is 263 Å². The number of imide groups is 1. The number of carbonyl (C=O) groups is 12. The molecule has 3 atom stereocenters. The molecule has 0 aromatic heterocycles. The van der Waals surface area contributed by atoms with E-state index < -0.39 is 41.9 Å². The molecule has 12 amide bonds. The highest BCUT2D eigenvalue weighted by Gasteiger charge is 2.40. The van der Waals surface area contributed by atoms with E-state index in [4.69, 9.17) is 38.9 Å². The van der Waals surface area contributed by atoms with Gasteiger partial charge in [0.2, 0.25) is 53.2 Å². The van der Waals surface area contributed by atoms with E-state index in [1.54, 1.807) is 38.1 Å². The second-order valence-electron chi connectivity index (χ2n) is 30.7. The third-order valence-corrected chi connectivity index (χ3v) is 16.4. The van der Waals surface area contributed by atoms with Gasteiger partial charge in [0.15, 0.2) is 0 Å². The SMILES string of the molecule is CC(C)CC(=O)NCCNC(C)C.CC(C)CC(=O)NCCOCCOCCC(=O)N[C@H](C(=O)N[C@@H](CCCNC(N)=O)C(=O)Nc1ccc(COC(=O)NCCNC(C)C)cc1)C(C)C.CC(C)NCCOCCOCCC(=O)C(C)C.CC(C)NCCOCCOCCC(=O)NCCNC(=O)CCN1C(=O)CC(C(C)C)C1=O. The quantitative estimate of drug-likeness (QED) is 0.0318. The zero-order valence-electron chi connectivity index (χ0n) is 72.9. The molecular weight excluding hydrogens is 1490 g/mol. The van der Waals surface area contributed by atoms with Crippen molar-refractivity contribution in [2.45, 2.75) is 225 Å². The Morgan fingerprint density at radius 2 is 0.870 bits per heavy atom. The van der Waals surface area contributed by atoms with Gasteiger partial charge < -0.3 is 108 Å². The number of ketones is 1. The summed E-state index contributed by atoms with van der Waals surface area (Å²) in [5.74, 6) is -1.54. The number of carbonyl (C=O) groups excluding carboxylic acids is 12. The second-order valence-corrected chi connectivity index (χ2v) is 30.7. The summed E-state index contributed by atoms with van der Waals surface area (Å²) in [5, 5.41) is 37.4. The minimum Gasteiger partial charge on any atom is -0.445 e. The number of rotatable bonds is 61. The van der Waals surface area contributed by atoms with Crippen molar-refractivity contribution < 1.29 is 90.7 Å². The molecule has 2 rings (SSSR count). The summed E-state index contributed by atoms with van der Waals surface area (Å²) < 4.78 is 37.6. The van der Waals surface area contributed by atoms with Gasteiger partial charge >= 0.3 is 12.1 Å². The predicted molar refractivity (Wildman–Crippen MR) is 445 cm³/mol. The number of ether oxygens (including phenoxy) is 7. The lowest BCUT2D eigenvalue weighted by atomic mass is 9.94. The van der Waals surface area contributed by atoms with Gasteiger partial charge in [0.05, 0.1) is 79.3 Å². The number of nitrogens with zero attached hydrogens (tertiary/aromatic N) is 1. The fourth-order valence-corrected chi connectivity index (χ4v) is 10.0. The number of nitrogens with one attached hydrogen (secondary N) is 13. The largest absolute Gasteiger partial charge is 0.445 e. The highest BCUT2D eigenvalue weighted by Crippen LogP contribution is 2.26. The summed E-state index contributed by atoms with van der Waals surface area (Å²) in [5.41, 5.74) is 6.31. The number of benzene rings is 1. The Morgan fingerprint density at radius 1 is 0.443 bits per heavy atom. The van der Waals surface area contributed by atoms with Crippen molar-refractivity contribution in [2.24, 2.45) is 41.2 Å². The van der Waals surface area contributed by atoms with Crippen LogP contribution in [0.2, 0.25) is 0 Å². The Hall–Kier alpha value is -7.54. The standard InChI is InChI=1S/C36H62N8O9.C22H40N4O6.C13H27NO3.C10H22N2O/c1-24(2)22-31(46)39-17-19-52-21-20-51-18-13-30(45)44-32(25(3)4)34(48)43-29(8-7-14-40-35(37)49)33(47)42-28-11-9-27(10-12-28)23-53-36(50)41-16-15-38-26(5)6;1-16(2)18-15-21(29)26(22(18)30)10-5-19(27)24-7-8-25-20(28)6-11-31-13-14-32-12-9-23-17(3)4;1-11(2)13(15)5-7-16-9-10-17-8-6-14-12(3)4;1-8(2)7-10(13)12-6-5-11-9(3)4/h9-12,24-26,29,32,38H,7-8,13-23H2,1-6H3,(H,39,46)(H,41,50)(H,42,47)(H,43,48)(H,44,45)(H3,37,40,49);16-18,23H,5-15H2,1-4H3,(H,24,27)(H,25,28);11-12,14H,5-10H2,1-4H3;8-9,11H,5-7H2,1-4H3,(H,12,13)/t29-,32-;;;/m0.../s1. The predicted octanol–water partition coefficient (Wildman–Crippen LogP) is 4.35. The van der Waals surface area contributed by atoms with E-state index in [2.05, 4.69) is 111 Å². The number of amides is 12. The summed E-state index contributed by atoms with van der Waals surface area (Å²) in [6, 6.07) is 5.78. The maximum atomic E-state index is 13.4. The smallest absolute Gasteiger partial charge is 0.407 e. The zero-order chi connectivity index (χ0) is 86.9. The number of anilines is 1. The number of nitrogens with two attached hydrogens (primary N) is 1. The molecule has 1 saturated heterocycles. The number of hydrogen-bond acceptors (Lipinski definition) is 23. The van der Waals surface area contributed by atoms with Crippen LogP contribution in [0.25, 0.3) is 0 Å². The first kappa shape index (κ1) is 110. The fourth-order valence-electron chi connectivity index (χ4n) is 10.0. The monoisotopic (exact) mass is 1640 g/mol. The second kappa shape index (κ2) is 69.6. The molecule has 34 nitrogen and oxygen atoms in total. The third kappa shape index (κ3) is 66.2. The average Bonchev–Trinajstić information content (AvgIpc) is 1.69. The first-order valence-electron chi connectivity index (χ1n) is 41.2. The molecule has 1 unspecified atom stereocenters. The lowest BCUT2D eigenvalue weighted by Crippen LogP contribution is -2.54. The van der Waals surface area contributed by atoms with Gasteiger partial charge in [-0.05, 0) is 54.2 Å². The molecule has 1 fully saturated rings. The van der Waals surface area contributed by atoms with E-state index in [1.165, 1.54) is 4.90 Å². The number of alkyl carbamates (subject to hydrolysis) is 1. The Labute approximate surface area is 686 Å². The van der Waals surface area contributed by atoms with Crippen LogP contribution < -0.4 is 74.9 Å². The van der Waals surface area contributed by atoms with E-state index in [-0.39, 0.29) is 142 Å². The normalized spacial score (nSPS) is 13.1. The molecule has 1 aliphatic rings. The van der Waals surface area contributed by atoms with Crippen molar-refractivity contribution in [2.75, 3.05) is 157 Å². The van der Waals surface area contributed by atoms with Crippen LogP contribution >= 0.6 is 0 Å². The molecule has 115 heavy (non-hydrogen) atoms. The highest BCUT2D eigenvalue weighted by molar-refractivity contribution is 6.04. The van der Waals surface area contributed by atoms with Crippen LogP contribution in [0.5, 0.6) is 0 Å². The fraction of sp³-hybridized carbons (Fsp3) is 0.778. The molecule has 1 aliphatic heterocycles. The maximum Gasteiger partial charge on any atom is 0.407 e.